The molecular weight excluding hydrogens is 350 g/mol. The summed E-state index contributed by atoms with van der Waals surface area (Å²) < 4.78 is 1.98. The summed E-state index contributed by atoms with van der Waals surface area (Å²) in [5, 5.41) is 12.0. The maximum Gasteiger partial charge on any atom is 0.239 e. The van der Waals surface area contributed by atoms with Crippen molar-refractivity contribution < 1.29 is 9.59 Å². The van der Waals surface area contributed by atoms with Crippen molar-refractivity contribution >= 4 is 23.6 Å². The number of hydrogen-bond donors (Lipinski definition) is 1. The summed E-state index contributed by atoms with van der Waals surface area (Å²) in [6.07, 6.45) is 0. The van der Waals surface area contributed by atoms with Gasteiger partial charge in [-0.2, -0.15) is 0 Å². The van der Waals surface area contributed by atoms with E-state index in [1.54, 1.807) is 7.05 Å². The largest absolute Gasteiger partial charge is 0.352 e. The minimum atomic E-state index is -0.163. The molecule has 0 aliphatic heterocycles. The van der Waals surface area contributed by atoms with E-state index in [1.165, 1.54) is 16.7 Å². The van der Waals surface area contributed by atoms with Crippen molar-refractivity contribution in [3.63, 3.8) is 0 Å². The second-order valence-electron chi connectivity index (χ2n) is 6.18. The molecule has 0 fully saturated rings. The molecule has 0 unspecified atom stereocenters. The van der Waals surface area contributed by atoms with Crippen molar-refractivity contribution in [1.29, 1.82) is 0 Å². The molecule has 2 rings (SSSR count). The molecule has 1 aromatic heterocycles. The standard InChI is InChI=1S/C18H25N5O2S/c1-5-23-17(14-9-7-6-8-10-14)20-21-18(23)26-12-16(25)22(4)11-15(24)19-13(2)3/h6-10,13H,5,11-12H2,1-4H3,(H,19,24). The first kappa shape index (κ1) is 20.0. The Balaban J connectivity index is 1.98. The highest BCUT2D eigenvalue weighted by atomic mass is 32.2. The van der Waals surface area contributed by atoms with Crippen LogP contribution in [0.5, 0.6) is 0 Å². The second kappa shape index (κ2) is 9.38. The van der Waals surface area contributed by atoms with Gasteiger partial charge in [0.25, 0.3) is 0 Å². The van der Waals surface area contributed by atoms with Gasteiger partial charge in [-0.05, 0) is 20.8 Å². The summed E-state index contributed by atoms with van der Waals surface area (Å²) in [6.45, 7) is 6.55. The van der Waals surface area contributed by atoms with Gasteiger partial charge in [0, 0.05) is 25.2 Å². The topological polar surface area (TPSA) is 80.1 Å². The third kappa shape index (κ3) is 5.32. The zero-order valence-electron chi connectivity index (χ0n) is 15.6. The molecule has 0 atom stereocenters. The number of likely N-dealkylation sites (N-methyl/N-ethyl adjacent to an activating group) is 1. The number of aromatic nitrogens is 3. The van der Waals surface area contributed by atoms with E-state index < -0.39 is 0 Å². The van der Waals surface area contributed by atoms with Gasteiger partial charge in [-0.15, -0.1) is 10.2 Å². The predicted molar refractivity (Wildman–Crippen MR) is 103 cm³/mol. The zero-order chi connectivity index (χ0) is 19.1. The van der Waals surface area contributed by atoms with Crippen LogP contribution < -0.4 is 5.32 Å². The van der Waals surface area contributed by atoms with Crippen LogP contribution in [0.3, 0.4) is 0 Å². The number of benzene rings is 1. The summed E-state index contributed by atoms with van der Waals surface area (Å²) in [5.41, 5.74) is 0.988. The molecule has 0 spiro atoms. The fraction of sp³-hybridized carbons (Fsp3) is 0.444. The summed E-state index contributed by atoms with van der Waals surface area (Å²) in [6, 6.07) is 9.89. The fourth-order valence-corrected chi connectivity index (χ4v) is 3.33. The van der Waals surface area contributed by atoms with Gasteiger partial charge < -0.3 is 14.8 Å². The number of carbonyl (C=O) groups is 2. The van der Waals surface area contributed by atoms with Gasteiger partial charge in [0.05, 0.1) is 12.3 Å². The predicted octanol–water partition coefficient (Wildman–Crippen LogP) is 2.04. The number of hydrogen-bond acceptors (Lipinski definition) is 5. The fourth-order valence-electron chi connectivity index (χ4n) is 2.39. The number of carbonyl (C=O) groups excluding carboxylic acids is 2. The Morgan fingerprint density at radius 1 is 1.23 bits per heavy atom. The Morgan fingerprint density at radius 3 is 2.54 bits per heavy atom. The molecule has 0 aliphatic rings. The molecule has 140 valence electrons. The maximum atomic E-state index is 12.3. The van der Waals surface area contributed by atoms with E-state index in [2.05, 4.69) is 15.5 Å². The third-order valence-electron chi connectivity index (χ3n) is 3.65. The highest BCUT2D eigenvalue weighted by Gasteiger charge is 2.17. The van der Waals surface area contributed by atoms with E-state index in [0.29, 0.717) is 11.7 Å². The molecule has 26 heavy (non-hydrogen) atoms. The molecule has 7 nitrogen and oxygen atoms in total. The molecule has 0 aliphatic carbocycles. The molecule has 0 saturated heterocycles. The van der Waals surface area contributed by atoms with Crippen molar-refractivity contribution in [3.05, 3.63) is 30.3 Å². The van der Waals surface area contributed by atoms with Gasteiger partial charge >= 0.3 is 0 Å². The average Bonchev–Trinajstić information content (AvgIpc) is 3.02. The van der Waals surface area contributed by atoms with Crippen LogP contribution in [0.1, 0.15) is 20.8 Å². The van der Waals surface area contributed by atoms with Gasteiger partial charge in [0.2, 0.25) is 11.8 Å². The third-order valence-corrected chi connectivity index (χ3v) is 4.60. The molecule has 8 heteroatoms. The zero-order valence-corrected chi connectivity index (χ0v) is 16.4. The van der Waals surface area contributed by atoms with Crippen LogP contribution in [-0.4, -0.2) is 56.9 Å². The van der Waals surface area contributed by atoms with Gasteiger partial charge in [-0.25, -0.2) is 0 Å². The number of nitrogens with zero attached hydrogens (tertiary/aromatic N) is 4. The highest BCUT2D eigenvalue weighted by molar-refractivity contribution is 7.99. The Kier molecular flexibility index (Phi) is 7.20. The van der Waals surface area contributed by atoms with E-state index in [0.717, 1.165) is 11.4 Å². The molecule has 1 heterocycles. The Morgan fingerprint density at radius 2 is 1.92 bits per heavy atom. The molecular formula is C18H25N5O2S. The average molecular weight is 375 g/mol. The van der Waals surface area contributed by atoms with Crippen LogP contribution in [0.4, 0.5) is 0 Å². The van der Waals surface area contributed by atoms with Crippen molar-refractivity contribution in [2.75, 3.05) is 19.3 Å². The monoisotopic (exact) mass is 375 g/mol. The van der Waals surface area contributed by atoms with Gasteiger partial charge in [-0.3, -0.25) is 9.59 Å². The minimum Gasteiger partial charge on any atom is -0.352 e. The maximum absolute atomic E-state index is 12.3. The smallest absolute Gasteiger partial charge is 0.239 e. The van der Waals surface area contributed by atoms with Crippen molar-refractivity contribution in [3.8, 4) is 11.4 Å². The highest BCUT2D eigenvalue weighted by Crippen LogP contribution is 2.23. The number of rotatable bonds is 8. The van der Waals surface area contributed by atoms with Crippen LogP contribution in [0, 0.1) is 0 Å². The Labute approximate surface area is 158 Å². The summed E-state index contributed by atoms with van der Waals surface area (Å²) >= 11 is 1.33. The molecule has 0 bridgehead atoms. The Hall–Kier alpha value is -2.35. The number of thioether (sulfide) groups is 1. The first-order valence-electron chi connectivity index (χ1n) is 8.57. The van der Waals surface area contributed by atoms with Crippen LogP contribution in [-0.2, 0) is 16.1 Å². The van der Waals surface area contributed by atoms with E-state index in [-0.39, 0.29) is 30.2 Å². The second-order valence-corrected chi connectivity index (χ2v) is 7.12. The number of amides is 2. The Bertz CT molecular complexity index is 745. The normalized spacial score (nSPS) is 10.8. The van der Waals surface area contributed by atoms with Crippen molar-refractivity contribution in [2.24, 2.45) is 0 Å². The summed E-state index contributed by atoms with van der Waals surface area (Å²) in [4.78, 5) is 25.5. The lowest BCUT2D eigenvalue weighted by Crippen LogP contribution is -2.41. The van der Waals surface area contributed by atoms with Gasteiger partial charge in [0.15, 0.2) is 11.0 Å². The van der Waals surface area contributed by atoms with Crippen molar-refractivity contribution in [1.82, 2.24) is 25.0 Å². The van der Waals surface area contributed by atoms with Gasteiger partial charge in [-0.1, -0.05) is 42.1 Å². The summed E-state index contributed by atoms with van der Waals surface area (Å²) in [7, 11) is 1.63. The number of nitrogens with one attached hydrogen (secondary N) is 1. The molecule has 0 radical (unpaired) electrons. The lowest BCUT2D eigenvalue weighted by atomic mass is 10.2. The van der Waals surface area contributed by atoms with Crippen LogP contribution in [0.15, 0.2) is 35.5 Å². The molecule has 0 saturated carbocycles. The van der Waals surface area contributed by atoms with E-state index >= 15 is 0 Å². The van der Waals surface area contributed by atoms with Crippen LogP contribution in [0.2, 0.25) is 0 Å². The molecule has 1 N–H and O–H groups in total. The summed E-state index contributed by atoms with van der Waals surface area (Å²) in [5.74, 6) is 0.704. The van der Waals surface area contributed by atoms with Crippen molar-refractivity contribution in [2.45, 2.75) is 38.5 Å². The lowest BCUT2D eigenvalue weighted by Gasteiger charge is -2.17. The van der Waals surface area contributed by atoms with Crippen LogP contribution in [0.25, 0.3) is 11.4 Å². The first-order chi connectivity index (χ1) is 12.4. The van der Waals surface area contributed by atoms with Gasteiger partial charge in [0.1, 0.15) is 0 Å². The quantitative estimate of drug-likeness (QED) is 0.714. The molecule has 2 aromatic rings. The van der Waals surface area contributed by atoms with Crippen LogP contribution >= 0.6 is 11.8 Å². The molecule has 1 aromatic carbocycles. The van der Waals surface area contributed by atoms with E-state index in [1.807, 2.05) is 55.7 Å². The minimum absolute atomic E-state index is 0.0489. The SMILES string of the molecule is CCn1c(SCC(=O)N(C)CC(=O)NC(C)C)nnc1-c1ccccc1. The van der Waals surface area contributed by atoms with E-state index in [9.17, 15) is 9.59 Å². The first-order valence-corrected chi connectivity index (χ1v) is 9.55. The van der Waals surface area contributed by atoms with E-state index in [4.69, 9.17) is 0 Å². The lowest BCUT2D eigenvalue weighted by molar-refractivity contribution is -0.132. The molecule has 2 amide bonds.